The number of thioether (sulfide) groups is 1. The number of thiophene rings is 1. The maximum absolute atomic E-state index is 12.4. The van der Waals surface area contributed by atoms with Crippen molar-refractivity contribution in [3.05, 3.63) is 27.3 Å². The SMILES string of the molecule is O=C(O)CCCCCNC(=O)CCCN1C(=O)/C(=C/c2cccs2)SC1=S. The van der Waals surface area contributed by atoms with Crippen LogP contribution in [0.3, 0.4) is 0 Å². The van der Waals surface area contributed by atoms with E-state index in [4.69, 9.17) is 17.3 Å². The molecular formula is C18H22N2O4S3. The smallest absolute Gasteiger partial charge is 0.303 e. The highest BCUT2D eigenvalue weighted by Gasteiger charge is 2.31. The average molecular weight is 427 g/mol. The van der Waals surface area contributed by atoms with Gasteiger partial charge in [-0.1, -0.05) is 36.5 Å². The van der Waals surface area contributed by atoms with Crippen LogP contribution in [0.2, 0.25) is 0 Å². The van der Waals surface area contributed by atoms with Crippen molar-refractivity contribution < 1.29 is 19.5 Å². The monoisotopic (exact) mass is 426 g/mol. The van der Waals surface area contributed by atoms with Crippen molar-refractivity contribution in [3.8, 4) is 0 Å². The van der Waals surface area contributed by atoms with E-state index in [0.29, 0.717) is 41.6 Å². The number of hydrogen-bond donors (Lipinski definition) is 2. The van der Waals surface area contributed by atoms with Gasteiger partial charge < -0.3 is 10.4 Å². The number of carbonyl (C=O) groups is 3. The zero-order chi connectivity index (χ0) is 19.6. The van der Waals surface area contributed by atoms with Gasteiger partial charge in [0, 0.05) is 30.8 Å². The topological polar surface area (TPSA) is 86.7 Å². The molecule has 1 aromatic heterocycles. The van der Waals surface area contributed by atoms with Crippen LogP contribution in [-0.4, -0.2) is 45.2 Å². The Hall–Kier alpha value is -1.71. The first-order valence-corrected chi connectivity index (χ1v) is 10.8. The molecule has 146 valence electrons. The van der Waals surface area contributed by atoms with Gasteiger partial charge in [-0.05, 0) is 36.8 Å². The van der Waals surface area contributed by atoms with Gasteiger partial charge in [0.05, 0.1) is 4.91 Å². The molecule has 1 saturated heterocycles. The predicted molar refractivity (Wildman–Crippen MR) is 113 cm³/mol. The number of thiocarbonyl (C=S) groups is 1. The lowest BCUT2D eigenvalue weighted by Gasteiger charge is -2.14. The minimum atomic E-state index is -0.792. The number of carboxylic acid groups (broad SMARTS) is 1. The number of amides is 2. The van der Waals surface area contributed by atoms with Crippen LogP contribution < -0.4 is 5.32 Å². The third kappa shape index (κ3) is 7.43. The molecule has 6 nitrogen and oxygen atoms in total. The predicted octanol–water partition coefficient (Wildman–Crippen LogP) is 3.49. The molecule has 0 spiro atoms. The summed E-state index contributed by atoms with van der Waals surface area (Å²) in [5.41, 5.74) is 0. The molecule has 9 heteroatoms. The largest absolute Gasteiger partial charge is 0.481 e. The molecule has 0 aromatic carbocycles. The van der Waals surface area contributed by atoms with Crippen LogP contribution in [0.25, 0.3) is 6.08 Å². The molecule has 0 aliphatic carbocycles. The number of aliphatic carboxylic acids is 1. The maximum atomic E-state index is 12.4. The Labute approximate surface area is 172 Å². The van der Waals surface area contributed by atoms with Gasteiger partial charge in [0.15, 0.2) is 0 Å². The van der Waals surface area contributed by atoms with E-state index in [-0.39, 0.29) is 18.2 Å². The number of nitrogens with one attached hydrogen (secondary N) is 1. The average Bonchev–Trinajstić information content (AvgIpc) is 3.21. The highest BCUT2D eigenvalue weighted by Crippen LogP contribution is 2.33. The molecular weight excluding hydrogens is 404 g/mol. The van der Waals surface area contributed by atoms with Crippen molar-refractivity contribution in [2.75, 3.05) is 13.1 Å². The molecule has 1 aliphatic heterocycles. The number of hydrogen-bond acceptors (Lipinski definition) is 6. The minimum absolute atomic E-state index is 0.0622. The Bertz CT molecular complexity index is 716. The Morgan fingerprint density at radius 1 is 1.22 bits per heavy atom. The quantitative estimate of drug-likeness (QED) is 0.320. The molecule has 2 N–H and O–H groups in total. The summed E-state index contributed by atoms with van der Waals surface area (Å²) in [6, 6.07) is 3.88. The van der Waals surface area contributed by atoms with Crippen LogP contribution in [0.1, 0.15) is 43.4 Å². The van der Waals surface area contributed by atoms with Crippen LogP contribution in [0.4, 0.5) is 0 Å². The highest BCUT2D eigenvalue weighted by molar-refractivity contribution is 8.26. The third-order valence-electron chi connectivity index (χ3n) is 3.87. The van der Waals surface area contributed by atoms with E-state index >= 15 is 0 Å². The first-order valence-electron chi connectivity index (χ1n) is 8.74. The van der Waals surface area contributed by atoms with E-state index in [0.717, 1.165) is 17.7 Å². The lowest BCUT2D eigenvalue weighted by molar-refractivity contribution is -0.137. The Balaban J connectivity index is 1.64. The normalized spacial score (nSPS) is 15.6. The van der Waals surface area contributed by atoms with Gasteiger partial charge >= 0.3 is 5.97 Å². The van der Waals surface area contributed by atoms with Crippen molar-refractivity contribution in [2.24, 2.45) is 0 Å². The zero-order valence-electron chi connectivity index (χ0n) is 14.8. The Morgan fingerprint density at radius 3 is 2.74 bits per heavy atom. The summed E-state index contributed by atoms with van der Waals surface area (Å²) in [4.78, 5) is 37.9. The van der Waals surface area contributed by atoms with Crippen LogP contribution >= 0.6 is 35.3 Å². The summed E-state index contributed by atoms with van der Waals surface area (Å²) in [6.07, 6.45) is 5.05. The number of nitrogens with zero attached hydrogens (tertiary/aromatic N) is 1. The molecule has 0 radical (unpaired) electrons. The fraction of sp³-hybridized carbons (Fsp3) is 0.444. The van der Waals surface area contributed by atoms with E-state index in [1.165, 1.54) is 11.8 Å². The lowest BCUT2D eigenvalue weighted by Crippen LogP contribution is -2.30. The molecule has 2 rings (SSSR count). The van der Waals surface area contributed by atoms with Crippen molar-refractivity contribution in [3.63, 3.8) is 0 Å². The van der Waals surface area contributed by atoms with Gasteiger partial charge in [0.2, 0.25) is 5.91 Å². The summed E-state index contributed by atoms with van der Waals surface area (Å²) < 4.78 is 0.529. The molecule has 27 heavy (non-hydrogen) atoms. The van der Waals surface area contributed by atoms with Gasteiger partial charge in [-0.25, -0.2) is 0 Å². The van der Waals surface area contributed by atoms with Crippen LogP contribution in [0.5, 0.6) is 0 Å². The Morgan fingerprint density at radius 2 is 2.04 bits per heavy atom. The van der Waals surface area contributed by atoms with E-state index in [9.17, 15) is 14.4 Å². The molecule has 0 bridgehead atoms. The number of carboxylic acids is 1. The zero-order valence-corrected chi connectivity index (χ0v) is 17.3. The molecule has 1 aromatic rings. The molecule has 1 fully saturated rings. The standard InChI is InChI=1S/C18H22N2O4S3/c21-15(19-9-3-1-2-8-16(22)23)7-4-10-20-17(24)14(27-18(20)25)12-13-6-5-11-26-13/h5-6,11-12H,1-4,7-10H2,(H,19,21)(H,22,23)/b14-12-. The number of carbonyl (C=O) groups excluding carboxylic acids is 2. The van der Waals surface area contributed by atoms with E-state index < -0.39 is 5.97 Å². The number of unbranched alkanes of at least 4 members (excludes halogenated alkanes) is 2. The summed E-state index contributed by atoms with van der Waals surface area (Å²) in [7, 11) is 0. The molecule has 0 atom stereocenters. The first-order chi connectivity index (χ1) is 13.0. The fourth-order valence-corrected chi connectivity index (χ4v) is 4.52. The van der Waals surface area contributed by atoms with Crippen LogP contribution in [0, 0.1) is 0 Å². The lowest BCUT2D eigenvalue weighted by atomic mass is 10.2. The molecule has 2 amide bonds. The molecule has 1 aliphatic rings. The molecule has 0 saturated carbocycles. The van der Waals surface area contributed by atoms with Gasteiger partial charge in [-0.15, -0.1) is 11.3 Å². The van der Waals surface area contributed by atoms with E-state index in [1.54, 1.807) is 16.2 Å². The molecule has 2 heterocycles. The van der Waals surface area contributed by atoms with Crippen LogP contribution in [-0.2, 0) is 14.4 Å². The number of rotatable bonds is 11. The second kappa shape index (κ2) is 11.2. The summed E-state index contributed by atoms with van der Waals surface area (Å²) in [6.45, 7) is 0.974. The second-order valence-corrected chi connectivity index (χ2v) is 8.66. The van der Waals surface area contributed by atoms with E-state index in [1.807, 2.05) is 23.6 Å². The Kier molecular flexibility index (Phi) is 8.96. The van der Waals surface area contributed by atoms with Crippen molar-refractivity contribution >= 4 is 63.5 Å². The first kappa shape index (κ1) is 21.6. The van der Waals surface area contributed by atoms with Crippen molar-refractivity contribution in [2.45, 2.75) is 38.5 Å². The van der Waals surface area contributed by atoms with Gasteiger partial charge in [-0.2, -0.15) is 0 Å². The minimum Gasteiger partial charge on any atom is -0.481 e. The fourth-order valence-electron chi connectivity index (χ4n) is 2.49. The summed E-state index contributed by atoms with van der Waals surface area (Å²) in [5, 5.41) is 13.3. The summed E-state index contributed by atoms with van der Waals surface area (Å²) >= 11 is 8.15. The second-order valence-electron chi connectivity index (χ2n) is 6.01. The summed E-state index contributed by atoms with van der Waals surface area (Å²) in [5.74, 6) is -0.954. The molecule has 0 unspecified atom stereocenters. The van der Waals surface area contributed by atoms with Gasteiger partial charge in [-0.3, -0.25) is 19.3 Å². The van der Waals surface area contributed by atoms with Crippen LogP contribution in [0.15, 0.2) is 22.4 Å². The van der Waals surface area contributed by atoms with Crippen molar-refractivity contribution in [1.29, 1.82) is 0 Å². The van der Waals surface area contributed by atoms with Crippen molar-refractivity contribution in [1.82, 2.24) is 10.2 Å². The third-order valence-corrected chi connectivity index (χ3v) is 6.06. The van der Waals surface area contributed by atoms with E-state index in [2.05, 4.69) is 5.32 Å². The maximum Gasteiger partial charge on any atom is 0.303 e. The highest BCUT2D eigenvalue weighted by atomic mass is 32.2. The van der Waals surface area contributed by atoms with Gasteiger partial charge in [0.1, 0.15) is 4.32 Å². The van der Waals surface area contributed by atoms with Gasteiger partial charge in [0.25, 0.3) is 5.91 Å².